The standard InChI is InChI=1S/C31H30N6O2/c1-19(2)26-15-14-25-29(36-26)33-18-34-30(25)37-27-17-22(31(38)35-20(3)21-7-5-4-6-8-21)9-16-28(27)39-24-12-10-23(32)11-13-24/h4-20H,32H2,1-3H3,(H,35,38)(H,33,34,36,37)/t20-/m1/s1. The molecule has 5 aromatic rings. The van der Waals surface area contributed by atoms with Crippen molar-refractivity contribution in [2.45, 2.75) is 32.7 Å². The Morgan fingerprint density at radius 3 is 2.41 bits per heavy atom. The topological polar surface area (TPSA) is 115 Å². The molecule has 0 bridgehead atoms. The molecule has 8 heteroatoms. The zero-order valence-corrected chi connectivity index (χ0v) is 22.1. The Bertz CT molecular complexity index is 1600. The number of nitrogens with one attached hydrogen (secondary N) is 2. The summed E-state index contributed by atoms with van der Waals surface area (Å²) in [5, 5.41) is 7.18. The lowest BCUT2D eigenvalue weighted by Crippen LogP contribution is -2.26. The summed E-state index contributed by atoms with van der Waals surface area (Å²) in [6.07, 6.45) is 1.47. The lowest BCUT2D eigenvalue weighted by Gasteiger charge is -2.17. The minimum atomic E-state index is -0.204. The number of aromatic nitrogens is 3. The number of hydrogen-bond acceptors (Lipinski definition) is 7. The third-order valence-electron chi connectivity index (χ3n) is 6.36. The maximum atomic E-state index is 13.2. The molecule has 2 aromatic heterocycles. The quantitative estimate of drug-likeness (QED) is 0.194. The van der Waals surface area contributed by atoms with Gasteiger partial charge in [-0.2, -0.15) is 0 Å². The molecule has 0 saturated carbocycles. The van der Waals surface area contributed by atoms with Crippen LogP contribution in [0.25, 0.3) is 11.0 Å². The summed E-state index contributed by atoms with van der Waals surface area (Å²) >= 11 is 0. The van der Waals surface area contributed by atoms with E-state index in [1.54, 1.807) is 42.5 Å². The predicted octanol–water partition coefficient (Wildman–Crippen LogP) is 6.76. The molecule has 8 nitrogen and oxygen atoms in total. The summed E-state index contributed by atoms with van der Waals surface area (Å²) in [7, 11) is 0. The van der Waals surface area contributed by atoms with Crippen LogP contribution in [-0.4, -0.2) is 20.9 Å². The fourth-order valence-electron chi connectivity index (χ4n) is 4.13. The van der Waals surface area contributed by atoms with E-state index >= 15 is 0 Å². The summed E-state index contributed by atoms with van der Waals surface area (Å²) in [5.41, 5.74) is 10.1. The number of nitrogens with two attached hydrogens (primary N) is 1. The number of hydrogen-bond donors (Lipinski definition) is 3. The number of ether oxygens (including phenoxy) is 1. The highest BCUT2D eigenvalue weighted by Gasteiger charge is 2.16. The number of carbonyl (C=O) groups is 1. The van der Waals surface area contributed by atoms with E-state index in [0.717, 1.165) is 16.6 Å². The van der Waals surface area contributed by atoms with Crippen LogP contribution in [0.3, 0.4) is 0 Å². The Labute approximate surface area is 227 Å². The molecule has 1 amide bonds. The van der Waals surface area contributed by atoms with Gasteiger partial charge in [-0.3, -0.25) is 4.79 Å². The van der Waals surface area contributed by atoms with Crippen molar-refractivity contribution in [3.63, 3.8) is 0 Å². The smallest absolute Gasteiger partial charge is 0.251 e. The van der Waals surface area contributed by atoms with Gasteiger partial charge in [0.1, 0.15) is 17.9 Å². The summed E-state index contributed by atoms with van der Waals surface area (Å²) in [6.45, 7) is 6.13. The van der Waals surface area contributed by atoms with Crippen LogP contribution < -0.4 is 21.1 Å². The summed E-state index contributed by atoms with van der Waals surface area (Å²) < 4.78 is 6.18. The summed E-state index contributed by atoms with van der Waals surface area (Å²) in [6, 6.07) is 26.0. The maximum Gasteiger partial charge on any atom is 0.251 e. The van der Waals surface area contributed by atoms with Crippen LogP contribution in [0.1, 0.15) is 54.3 Å². The monoisotopic (exact) mass is 518 g/mol. The van der Waals surface area contributed by atoms with Gasteiger partial charge in [-0.15, -0.1) is 0 Å². The highest BCUT2D eigenvalue weighted by atomic mass is 16.5. The van der Waals surface area contributed by atoms with Gasteiger partial charge >= 0.3 is 0 Å². The highest BCUT2D eigenvalue weighted by molar-refractivity contribution is 5.97. The molecule has 0 aliphatic rings. The second kappa shape index (κ2) is 11.2. The van der Waals surface area contributed by atoms with Crippen LogP contribution in [-0.2, 0) is 0 Å². The predicted molar refractivity (Wildman–Crippen MR) is 154 cm³/mol. The average Bonchev–Trinajstić information content (AvgIpc) is 2.95. The molecular formula is C31H30N6O2. The van der Waals surface area contributed by atoms with Crippen LogP contribution in [0, 0.1) is 0 Å². The number of carbonyl (C=O) groups excluding carboxylic acids is 1. The molecule has 2 heterocycles. The van der Waals surface area contributed by atoms with Crippen molar-refractivity contribution in [2.75, 3.05) is 11.1 Å². The van der Waals surface area contributed by atoms with Crippen molar-refractivity contribution in [2.24, 2.45) is 0 Å². The third kappa shape index (κ3) is 5.96. The molecule has 5 rings (SSSR count). The number of nitrogens with zero attached hydrogens (tertiary/aromatic N) is 3. The lowest BCUT2D eigenvalue weighted by atomic mass is 10.1. The van der Waals surface area contributed by atoms with E-state index in [1.807, 2.05) is 49.4 Å². The second-order valence-electron chi connectivity index (χ2n) is 9.60. The molecule has 0 aliphatic carbocycles. The largest absolute Gasteiger partial charge is 0.455 e. The fraction of sp³-hybridized carbons (Fsp3) is 0.161. The van der Waals surface area contributed by atoms with E-state index in [1.165, 1.54) is 6.33 Å². The van der Waals surface area contributed by atoms with E-state index < -0.39 is 0 Å². The second-order valence-corrected chi connectivity index (χ2v) is 9.60. The summed E-state index contributed by atoms with van der Waals surface area (Å²) in [4.78, 5) is 26.7. The molecule has 0 aliphatic heterocycles. The number of benzene rings is 3. The number of anilines is 3. The lowest BCUT2D eigenvalue weighted by molar-refractivity contribution is 0.0940. The van der Waals surface area contributed by atoms with Gasteiger partial charge in [-0.05, 0) is 73.0 Å². The van der Waals surface area contributed by atoms with Crippen LogP contribution >= 0.6 is 0 Å². The SMILES string of the molecule is CC(C)c1ccc2c(Nc3cc(C(=O)N[C@H](C)c4ccccc4)ccc3Oc3ccc(N)cc3)ncnc2n1. The summed E-state index contributed by atoms with van der Waals surface area (Å²) in [5.74, 6) is 1.75. The first-order chi connectivity index (χ1) is 18.9. The van der Waals surface area contributed by atoms with Gasteiger partial charge in [0.2, 0.25) is 0 Å². The normalized spacial score (nSPS) is 11.8. The van der Waals surface area contributed by atoms with E-state index in [-0.39, 0.29) is 17.9 Å². The molecule has 0 unspecified atom stereocenters. The Balaban J connectivity index is 1.49. The molecule has 0 saturated heterocycles. The van der Waals surface area contributed by atoms with Crippen molar-refractivity contribution >= 4 is 34.1 Å². The van der Waals surface area contributed by atoms with E-state index in [0.29, 0.717) is 39.9 Å². The molecule has 3 aromatic carbocycles. The molecule has 196 valence electrons. The van der Waals surface area contributed by atoms with Crippen molar-refractivity contribution < 1.29 is 9.53 Å². The van der Waals surface area contributed by atoms with Crippen molar-refractivity contribution in [1.29, 1.82) is 0 Å². The van der Waals surface area contributed by atoms with Crippen LogP contribution in [0.5, 0.6) is 11.5 Å². The molecular weight excluding hydrogens is 488 g/mol. The van der Waals surface area contributed by atoms with E-state index in [4.69, 9.17) is 10.5 Å². The number of nitrogen functional groups attached to an aromatic ring is 1. The van der Waals surface area contributed by atoms with Crippen LogP contribution in [0.4, 0.5) is 17.2 Å². The zero-order valence-electron chi connectivity index (χ0n) is 22.1. The Hall–Kier alpha value is -4.98. The maximum absolute atomic E-state index is 13.2. The van der Waals surface area contributed by atoms with Gasteiger partial charge in [0.05, 0.1) is 17.1 Å². The van der Waals surface area contributed by atoms with Gasteiger partial charge in [0, 0.05) is 16.9 Å². The average molecular weight is 519 g/mol. The molecule has 1 atom stereocenters. The molecule has 0 radical (unpaired) electrons. The van der Waals surface area contributed by atoms with Crippen LogP contribution in [0.15, 0.2) is 91.3 Å². The first kappa shape index (κ1) is 25.7. The highest BCUT2D eigenvalue weighted by Crippen LogP contribution is 2.34. The fourth-order valence-corrected chi connectivity index (χ4v) is 4.13. The van der Waals surface area contributed by atoms with E-state index in [2.05, 4.69) is 39.4 Å². The molecule has 4 N–H and O–H groups in total. The first-order valence-electron chi connectivity index (χ1n) is 12.8. The Morgan fingerprint density at radius 1 is 0.897 bits per heavy atom. The van der Waals surface area contributed by atoms with E-state index in [9.17, 15) is 4.79 Å². The Morgan fingerprint density at radius 2 is 1.67 bits per heavy atom. The number of pyridine rings is 1. The number of amides is 1. The van der Waals surface area contributed by atoms with Crippen molar-refractivity contribution in [1.82, 2.24) is 20.3 Å². The molecule has 0 spiro atoms. The minimum Gasteiger partial charge on any atom is -0.455 e. The van der Waals surface area contributed by atoms with Gasteiger partial charge in [-0.1, -0.05) is 44.2 Å². The van der Waals surface area contributed by atoms with Crippen molar-refractivity contribution in [3.8, 4) is 11.5 Å². The molecule has 39 heavy (non-hydrogen) atoms. The van der Waals surface area contributed by atoms with Gasteiger partial charge < -0.3 is 21.1 Å². The molecule has 0 fully saturated rings. The zero-order chi connectivity index (χ0) is 27.4. The van der Waals surface area contributed by atoms with Gasteiger partial charge in [0.25, 0.3) is 5.91 Å². The number of rotatable bonds is 8. The van der Waals surface area contributed by atoms with Gasteiger partial charge in [-0.25, -0.2) is 15.0 Å². The number of fused-ring (bicyclic) bond motifs is 1. The van der Waals surface area contributed by atoms with Crippen molar-refractivity contribution in [3.05, 3.63) is 108 Å². The third-order valence-corrected chi connectivity index (χ3v) is 6.36. The first-order valence-corrected chi connectivity index (χ1v) is 12.8. The Kier molecular flexibility index (Phi) is 7.36. The van der Waals surface area contributed by atoms with Gasteiger partial charge in [0.15, 0.2) is 11.4 Å². The van der Waals surface area contributed by atoms with Crippen LogP contribution in [0.2, 0.25) is 0 Å². The minimum absolute atomic E-state index is 0.159.